The number of esters is 1. The van der Waals surface area contributed by atoms with Crippen LogP contribution in [0.25, 0.3) is 0 Å². The molecule has 6 heteroatoms. The third-order valence-electron chi connectivity index (χ3n) is 11.6. The third-order valence-corrected chi connectivity index (χ3v) is 11.6. The standard InChI is InChI=1S/C50H97NO5/c1-4-7-10-13-16-19-21-22-23-24-25-26-28-31-34-37-40-43-50(55)56-46(41-38-35-32-29-18-15-12-9-6-3)44-49(54)51-47(45-52)48(53)42-39-36-33-30-27-20-17-14-11-8-5-2/h15,18,46-48,52-53H,4-14,16-17,19-45H2,1-3H3,(H,51,54)/b18-15-. The van der Waals surface area contributed by atoms with Gasteiger partial charge < -0.3 is 20.3 Å². The number of nitrogens with one attached hydrogen (secondary N) is 1. The molecular weight excluding hydrogens is 695 g/mol. The van der Waals surface area contributed by atoms with Crippen LogP contribution in [0.15, 0.2) is 12.2 Å². The Bertz CT molecular complexity index is 847. The fraction of sp³-hybridized carbons (Fsp3) is 0.920. The SMILES string of the molecule is CCCC/C=C\CCCCCC(CC(=O)NC(CO)C(O)CCCCCCCCCCCCC)OC(=O)CCCCCCCCCCCCCCCCCCC. The van der Waals surface area contributed by atoms with E-state index in [-0.39, 0.29) is 24.9 Å². The maximum absolute atomic E-state index is 13.1. The Morgan fingerprint density at radius 2 is 0.875 bits per heavy atom. The number of aliphatic hydroxyl groups excluding tert-OH is 2. The van der Waals surface area contributed by atoms with E-state index in [1.807, 2.05) is 0 Å². The van der Waals surface area contributed by atoms with Crippen LogP contribution in [0.1, 0.15) is 271 Å². The summed E-state index contributed by atoms with van der Waals surface area (Å²) in [4.78, 5) is 26.0. The number of amides is 1. The normalized spacial score (nSPS) is 13.3. The smallest absolute Gasteiger partial charge is 0.306 e. The zero-order chi connectivity index (χ0) is 41.0. The molecule has 0 aromatic carbocycles. The maximum Gasteiger partial charge on any atom is 0.306 e. The molecule has 3 atom stereocenters. The van der Waals surface area contributed by atoms with Crippen LogP contribution < -0.4 is 5.32 Å². The van der Waals surface area contributed by atoms with Crippen LogP contribution >= 0.6 is 0 Å². The van der Waals surface area contributed by atoms with Crippen molar-refractivity contribution in [3.8, 4) is 0 Å². The second-order valence-electron chi connectivity index (χ2n) is 17.2. The summed E-state index contributed by atoms with van der Waals surface area (Å²) in [6.45, 7) is 6.44. The van der Waals surface area contributed by atoms with Crippen LogP contribution in [-0.2, 0) is 14.3 Å². The molecule has 0 aliphatic carbocycles. The monoisotopic (exact) mass is 792 g/mol. The molecule has 0 fully saturated rings. The van der Waals surface area contributed by atoms with Gasteiger partial charge in [0.1, 0.15) is 6.10 Å². The predicted octanol–water partition coefficient (Wildman–Crippen LogP) is 14.6. The van der Waals surface area contributed by atoms with Gasteiger partial charge in [0.25, 0.3) is 0 Å². The van der Waals surface area contributed by atoms with Crippen molar-refractivity contribution in [1.82, 2.24) is 5.32 Å². The second kappa shape index (κ2) is 44.7. The highest BCUT2D eigenvalue weighted by Crippen LogP contribution is 2.18. The minimum absolute atomic E-state index is 0.0728. The fourth-order valence-corrected chi connectivity index (χ4v) is 7.77. The van der Waals surface area contributed by atoms with Crippen LogP contribution in [0.3, 0.4) is 0 Å². The molecule has 1 amide bonds. The number of rotatable bonds is 45. The van der Waals surface area contributed by atoms with Crippen molar-refractivity contribution in [1.29, 1.82) is 0 Å². The van der Waals surface area contributed by atoms with E-state index in [1.54, 1.807) is 0 Å². The number of aliphatic hydroxyl groups is 2. The zero-order valence-corrected chi connectivity index (χ0v) is 37.8. The van der Waals surface area contributed by atoms with Crippen molar-refractivity contribution in [3.05, 3.63) is 12.2 Å². The van der Waals surface area contributed by atoms with E-state index in [4.69, 9.17) is 4.74 Å². The topological polar surface area (TPSA) is 95.9 Å². The van der Waals surface area contributed by atoms with Crippen molar-refractivity contribution < 1.29 is 24.5 Å². The molecule has 0 aromatic rings. The molecule has 3 unspecified atom stereocenters. The number of ether oxygens (including phenoxy) is 1. The van der Waals surface area contributed by atoms with E-state index in [2.05, 4.69) is 38.2 Å². The molecule has 0 radical (unpaired) electrons. The summed E-state index contributed by atoms with van der Waals surface area (Å²) in [6.07, 6.45) is 48.5. The molecule has 0 heterocycles. The van der Waals surface area contributed by atoms with E-state index in [1.165, 1.54) is 161 Å². The average Bonchev–Trinajstić information content (AvgIpc) is 3.19. The molecular formula is C50H97NO5. The van der Waals surface area contributed by atoms with Crippen LogP contribution in [-0.4, -0.2) is 46.9 Å². The molecule has 0 aromatic heterocycles. The van der Waals surface area contributed by atoms with E-state index >= 15 is 0 Å². The Hall–Kier alpha value is -1.40. The quantitative estimate of drug-likeness (QED) is 0.0324. The Morgan fingerprint density at radius 3 is 1.32 bits per heavy atom. The summed E-state index contributed by atoms with van der Waals surface area (Å²) in [6, 6.07) is -0.698. The van der Waals surface area contributed by atoms with Gasteiger partial charge in [-0.05, 0) is 44.9 Å². The van der Waals surface area contributed by atoms with Gasteiger partial charge in [0, 0.05) is 6.42 Å². The number of carbonyl (C=O) groups excluding carboxylic acids is 2. The molecule has 332 valence electrons. The highest BCUT2D eigenvalue weighted by Gasteiger charge is 2.24. The molecule has 0 bridgehead atoms. The van der Waals surface area contributed by atoms with E-state index in [0.717, 1.165) is 64.2 Å². The highest BCUT2D eigenvalue weighted by molar-refractivity contribution is 5.77. The van der Waals surface area contributed by atoms with E-state index < -0.39 is 18.2 Å². The van der Waals surface area contributed by atoms with Crippen LogP contribution in [0, 0.1) is 0 Å². The maximum atomic E-state index is 13.1. The van der Waals surface area contributed by atoms with Crippen molar-refractivity contribution >= 4 is 11.9 Å². The van der Waals surface area contributed by atoms with Gasteiger partial charge in [-0.3, -0.25) is 9.59 Å². The molecule has 0 rings (SSSR count). The number of allylic oxidation sites excluding steroid dienone is 2. The molecule has 3 N–H and O–H groups in total. The first-order chi connectivity index (χ1) is 27.5. The van der Waals surface area contributed by atoms with Crippen LogP contribution in [0.5, 0.6) is 0 Å². The molecule has 0 spiro atoms. The minimum atomic E-state index is -0.784. The lowest BCUT2D eigenvalue weighted by Crippen LogP contribution is -2.46. The lowest BCUT2D eigenvalue weighted by molar-refractivity contribution is -0.151. The summed E-state index contributed by atoms with van der Waals surface area (Å²) in [7, 11) is 0. The van der Waals surface area contributed by atoms with E-state index in [9.17, 15) is 19.8 Å². The Kier molecular flexibility index (Phi) is 43.6. The molecule has 0 aliphatic rings. The first kappa shape index (κ1) is 54.6. The minimum Gasteiger partial charge on any atom is -0.462 e. The first-order valence-corrected chi connectivity index (χ1v) is 24.9. The van der Waals surface area contributed by atoms with Gasteiger partial charge in [-0.2, -0.15) is 0 Å². The van der Waals surface area contributed by atoms with Crippen molar-refractivity contribution in [3.63, 3.8) is 0 Å². The third kappa shape index (κ3) is 39.4. The summed E-state index contributed by atoms with van der Waals surface area (Å²) >= 11 is 0. The Balaban J connectivity index is 4.42. The summed E-state index contributed by atoms with van der Waals surface area (Å²) < 4.78 is 5.90. The zero-order valence-electron chi connectivity index (χ0n) is 37.8. The molecule has 0 saturated carbocycles. The first-order valence-electron chi connectivity index (χ1n) is 24.9. The van der Waals surface area contributed by atoms with Gasteiger partial charge in [-0.15, -0.1) is 0 Å². The largest absolute Gasteiger partial charge is 0.462 e. The lowest BCUT2D eigenvalue weighted by Gasteiger charge is -2.24. The highest BCUT2D eigenvalue weighted by atomic mass is 16.5. The van der Waals surface area contributed by atoms with Gasteiger partial charge in [-0.1, -0.05) is 226 Å². The number of carbonyl (C=O) groups is 2. The van der Waals surface area contributed by atoms with Gasteiger partial charge >= 0.3 is 5.97 Å². The number of unbranched alkanes of at least 4 members (excludes halogenated alkanes) is 31. The summed E-state index contributed by atoms with van der Waals surface area (Å²) in [5, 5.41) is 23.6. The van der Waals surface area contributed by atoms with Crippen molar-refractivity contribution in [2.24, 2.45) is 0 Å². The van der Waals surface area contributed by atoms with Crippen molar-refractivity contribution in [2.75, 3.05) is 6.61 Å². The van der Waals surface area contributed by atoms with Crippen molar-refractivity contribution in [2.45, 2.75) is 289 Å². The molecule has 56 heavy (non-hydrogen) atoms. The summed E-state index contributed by atoms with van der Waals surface area (Å²) in [5.74, 6) is -0.477. The lowest BCUT2D eigenvalue weighted by atomic mass is 10.0. The summed E-state index contributed by atoms with van der Waals surface area (Å²) in [5.41, 5.74) is 0. The Morgan fingerprint density at radius 1 is 0.500 bits per heavy atom. The Labute approximate surface area is 349 Å². The van der Waals surface area contributed by atoms with Crippen LogP contribution in [0.4, 0.5) is 0 Å². The molecule has 0 saturated heterocycles. The number of hydrogen-bond donors (Lipinski definition) is 3. The van der Waals surface area contributed by atoms with Crippen LogP contribution in [0.2, 0.25) is 0 Å². The predicted molar refractivity (Wildman–Crippen MR) is 241 cm³/mol. The van der Waals surface area contributed by atoms with Gasteiger partial charge in [0.2, 0.25) is 5.91 Å². The van der Waals surface area contributed by atoms with E-state index in [0.29, 0.717) is 19.3 Å². The number of hydrogen-bond acceptors (Lipinski definition) is 5. The fourth-order valence-electron chi connectivity index (χ4n) is 7.77. The van der Waals surface area contributed by atoms with Gasteiger partial charge in [0.15, 0.2) is 0 Å². The second-order valence-corrected chi connectivity index (χ2v) is 17.2. The molecule has 6 nitrogen and oxygen atoms in total. The molecule has 0 aliphatic heterocycles. The van der Waals surface area contributed by atoms with Gasteiger partial charge in [-0.25, -0.2) is 0 Å². The average molecular weight is 792 g/mol. The van der Waals surface area contributed by atoms with Gasteiger partial charge in [0.05, 0.1) is 25.2 Å².